The van der Waals surface area contributed by atoms with Crippen LogP contribution in [0.3, 0.4) is 0 Å². The summed E-state index contributed by atoms with van der Waals surface area (Å²) < 4.78 is 5.26. The smallest absolute Gasteiger partial charge is 0.340 e. The van der Waals surface area contributed by atoms with Crippen molar-refractivity contribution in [2.24, 2.45) is 0 Å². The van der Waals surface area contributed by atoms with Crippen molar-refractivity contribution in [1.29, 1.82) is 0 Å². The number of aromatic hydroxyl groups is 2. The molecule has 0 aliphatic heterocycles. The summed E-state index contributed by atoms with van der Waals surface area (Å²) in [5, 5.41) is 20.0. The molecule has 0 amide bonds. The van der Waals surface area contributed by atoms with E-state index in [1.54, 1.807) is 6.92 Å². The standard InChI is InChI=1S/C18H17ClO4/c1-10-13(7-11-3-5-18(2,19)6-4-11)17(22)23-15-9-12(20)8-14(21)16(10)15/h3-5,8-9,20-21H,6-7H2,1-2H3. The topological polar surface area (TPSA) is 70.7 Å². The number of aryl methyl sites for hydroxylation is 1. The molecule has 0 radical (unpaired) electrons. The third-order valence-corrected chi connectivity index (χ3v) is 4.41. The maximum absolute atomic E-state index is 12.3. The molecular weight excluding hydrogens is 316 g/mol. The normalized spacial score (nSPS) is 20.7. The van der Waals surface area contributed by atoms with Gasteiger partial charge >= 0.3 is 5.63 Å². The number of hydrogen-bond donors (Lipinski definition) is 2. The molecule has 1 aromatic heterocycles. The summed E-state index contributed by atoms with van der Waals surface area (Å²) in [4.78, 5) is 11.9. The fourth-order valence-corrected chi connectivity index (χ4v) is 2.94. The van der Waals surface area contributed by atoms with Crippen molar-refractivity contribution in [2.45, 2.75) is 31.6 Å². The molecule has 2 aromatic rings. The van der Waals surface area contributed by atoms with Gasteiger partial charge in [0.1, 0.15) is 17.1 Å². The quantitative estimate of drug-likeness (QED) is 0.645. The van der Waals surface area contributed by atoms with Crippen LogP contribution in [-0.4, -0.2) is 15.1 Å². The van der Waals surface area contributed by atoms with Crippen molar-refractivity contribution in [3.8, 4) is 11.5 Å². The molecule has 0 bridgehead atoms. The van der Waals surface area contributed by atoms with Gasteiger partial charge in [-0.1, -0.05) is 18.2 Å². The molecule has 120 valence electrons. The van der Waals surface area contributed by atoms with Crippen LogP contribution in [0.15, 0.2) is 45.1 Å². The molecule has 2 N–H and O–H groups in total. The number of fused-ring (bicyclic) bond motifs is 1. The van der Waals surface area contributed by atoms with Gasteiger partial charge in [0, 0.05) is 24.1 Å². The van der Waals surface area contributed by atoms with Crippen LogP contribution in [0.5, 0.6) is 11.5 Å². The Morgan fingerprint density at radius 3 is 2.74 bits per heavy atom. The molecule has 5 heteroatoms. The summed E-state index contributed by atoms with van der Waals surface area (Å²) in [7, 11) is 0. The lowest BCUT2D eigenvalue weighted by Gasteiger charge is -2.20. The Balaban J connectivity index is 2.07. The van der Waals surface area contributed by atoms with Gasteiger partial charge in [-0.05, 0) is 31.4 Å². The predicted molar refractivity (Wildman–Crippen MR) is 90.4 cm³/mol. The predicted octanol–water partition coefficient (Wildman–Crippen LogP) is 3.94. The first-order valence-corrected chi connectivity index (χ1v) is 7.70. The molecule has 4 nitrogen and oxygen atoms in total. The minimum atomic E-state index is -0.464. The van der Waals surface area contributed by atoms with Crippen molar-refractivity contribution < 1.29 is 14.6 Å². The Kier molecular flexibility index (Phi) is 3.72. The first-order chi connectivity index (χ1) is 10.8. The minimum Gasteiger partial charge on any atom is -0.508 e. The number of phenols is 2. The summed E-state index contributed by atoms with van der Waals surface area (Å²) in [6.45, 7) is 3.70. The van der Waals surface area contributed by atoms with Crippen molar-refractivity contribution >= 4 is 22.6 Å². The molecule has 0 spiro atoms. The number of benzene rings is 1. The van der Waals surface area contributed by atoms with E-state index in [1.165, 1.54) is 12.1 Å². The Hall–Kier alpha value is -2.20. The highest BCUT2D eigenvalue weighted by Gasteiger charge is 2.21. The van der Waals surface area contributed by atoms with E-state index in [9.17, 15) is 15.0 Å². The monoisotopic (exact) mass is 332 g/mol. The van der Waals surface area contributed by atoms with Crippen molar-refractivity contribution in [1.82, 2.24) is 0 Å². The lowest BCUT2D eigenvalue weighted by atomic mass is 9.92. The Labute approximate surface area is 138 Å². The number of halogens is 1. The molecular formula is C18H17ClO4. The lowest BCUT2D eigenvalue weighted by Crippen LogP contribution is -2.16. The largest absolute Gasteiger partial charge is 0.508 e. The zero-order valence-electron chi connectivity index (χ0n) is 12.9. The molecule has 0 fully saturated rings. The van der Waals surface area contributed by atoms with Crippen LogP contribution in [0.25, 0.3) is 11.0 Å². The molecule has 23 heavy (non-hydrogen) atoms. The first-order valence-electron chi connectivity index (χ1n) is 7.32. The number of allylic oxidation sites excluding steroid dienone is 4. The second-order valence-electron chi connectivity index (χ2n) is 6.10. The summed E-state index contributed by atoms with van der Waals surface area (Å²) in [6, 6.07) is 2.56. The van der Waals surface area contributed by atoms with Crippen LogP contribution in [0, 0.1) is 6.92 Å². The molecule has 3 rings (SSSR count). The van der Waals surface area contributed by atoms with Crippen molar-refractivity contribution in [2.75, 3.05) is 0 Å². The molecule has 1 heterocycles. The summed E-state index contributed by atoms with van der Waals surface area (Å²) >= 11 is 6.25. The average Bonchev–Trinajstić information content (AvgIpc) is 2.44. The third kappa shape index (κ3) is 2.99. The van der Waals surface area contributed by atoms with Crippen LogP contribution in [0.4, 0.5) is 0 Å². The molecule has 1 unspecified atom stereocenters. The molecule has 0 saturated carbocycles. The van der Waals surface area contributed by atoms with Crippen LogP contribution >= 0.6 is 11.6 Å². The maximum atomic E-state index is 12.3. The molecule has 1 aromatic carbocycles. The molecule has 1 aliphatic rings. The van der Waals surface area contributed by atoms with E-state index in [4.69, 9.17) is 16.0 Å². The van der Waals surface area contributed by atoms with Crippen LogP contribution in [0.1, 0.15) is 24.5 Å². The van der Waals surface area contributed by atoms with Crippen LogP contribution in [0.2, 0.25) is 0 Å². The molecule has 0 saturated heterocycles. The van der Waals surface area contributed by atoms with E-state index >= 15 is 0 Å². The Morgan fingerprint density at radius 2 is 2.09 bits per heavy atom. The van der Waals surface area contributed by atoms with Gasteiger partial charge in [-0.25, -0.2) is 4.79 Å². The molecule has 1 atom stereocenters. The second kappa shape index (κ2) is 5.46. The van der Waals surface area contributed by atoms with E-state index in [1.807, 2.05) is 25.2 Å². The highest BCUT2D eigenvalue weighted by Crippen LogP contribution is 2.34. The van der Waals surface area contributed by atoms with Crippen molar-refractivity contribution in [3.63, 3.8) is 0 Å². The zero-order chi connectivity index (χ0) is 16.8. The highest BCUT2D eigenvalue weighted by molar-refractivity contribution is 6.25. The summed E-state index contributed by atoms with van der Waals surface area (Å²) in [5.74, 6) is -0.256. The van der Waals surface area contributed by atoms with Gasteiger partial charge in [-0.3, -0.25) is 0 Å². The summed E-state index contributed by atoms with van der Waals surface area (Å²) in [5.41, 5.74) is 1.84. The average molecular weight is 333 g/mol. The second-order valence-corrected chi connectivity index (χ2v) is 6.97. The van der Waals surface area contributed by atoms with Gasteiger partial charge in [0.05, 0.1) is 10.3 Å². The van der Waals surface area contributed by atoms with E-state index in [0.717, 1.165) is 5.57 Å². The Bertz CT molecular complexity index is 903. The fraction of sp³-hybridized carbons (Fsp3) is 0.278. The van der Waals surface area contributed by atoms with E-state index in [-0.39, 0.29) is 22.0 Å². The number of alkyl halides is 1. The Morgan fingerprint density at radius 1 is 1.35 bits per heavy atom. The SMILES string of the molecule is Cc1c(CC2=CCC(C)(Cl)C=C2)c(=O)oc2cc(O)cc(O)c12. The summed E-state index contributed by atoms with van der Waals surface area (Å²) in [6.07, 6.45) is 6.94. The third-order valence-electron chi connectivity index (χ3n) is 4.13. The maximum Gasteiger partial charge on any atom is 0.340 e. The first kappa shape index (κ1) is 15.7. The van der Waals surface area contributed by atoms with Gasteiger partial charge in [-0.2, -0.15) is 0 Å². The number of rotatable bonds is 2. The minimum absolute atomic E-state index is 0.107. The van der Waals surface area contributed by atoms with Gasteiger partial charge in [0.15, 0.2) is 0 Å². The lowest BCUT2D eigenvalue weighted by molar-refractivity contribution is 0.450. The van der Waals surface area contributed by atoms with E-state index < -0.39 is 5.63 Å². The van der Waals surface area contributed by atoms with Crippen molar-refractivity contribution in [3.05, 3.63) is 57.5 Å². The van der Waals surface area contributed by atoms with Gasteiger partial charge < -0.3 is 14.6 Å². The van der Waals surface area contributed by atoms with Crippen LogP contribution < -0.4 is 5.63 Å². The number of phenolic OH excluding ortho intramolecular Hbond substituents is 2. The van der Waals surface area contributed by atoms with Gasteiger partial charge in [0.25, 0.3) is 0 Å². The zero-order valence-corrected chi connectivity index (χ0v) is 13.6. The fourth-order valence-electron chi connectivity index (χ4n) is 2.80. The van der Waals surface area contributed by atoms with Gasteiger partial charge in [0.2, 0.25) is 0 Å². The highest BCUT2D eigenvalue weighted by atomic mass is 35.5. The van der Waals surface area contributed by atoms with E-state index in [0.29, 0.717) is 29.4 Å². The van der Waals surface area contributed by atoms with E-state index in [2.05, 4.69) is 0 Å². The van der Waals surface area contributed by atoms with Crippen LogP contribution in [-0.2, 0) is 6.42 Å². The van der Waals surface area contributed by atoms with Gasteiger partial charge in [-0.15, -0.1) is 11.6 Å². The molecule has 1 aliphatic carbocycles. The number of hydrogen-bond acceptors (Lipinski definition) is 4.